The van der Waals surface area contributed by atoms with E-state index in [1.54, 1.807) is 12.1 Å². The van der Waals surface area contributed by atoms with Crippen molar-refractivity contribution in [3.05, 3.63) is 34.6 Å². The molecule has 1 N–H and O–H groups in total. The Labute approximate surface area is 118 Å². The minimum absolute atomic E-state index is 0.193. The largest absolute Gasteiger partial charge is 0.311 e. The SMILES string of the molecule is CC1CNC(C2CC2)CN1Cc1c(F)cccc1Cl. The zero-order valence-corrected chi connectivity index (χ0v) is 12.0. The summed E-state index contributed by atoms with van der Waals surface area (Å²) in [4.78, 5) is 2.35. The Morgan fingerprint density at radius 3 is 2.89 bits per heavy atom. The fraction of sp³-hybridized carbons (Fsp3) is 0.600. The molecule has 2 aliphatic rings. The van der Waals surface area contributed by atoms with Crippen molar-refractivity contribution in [2.24, 2.45) is 5.92 Å². The van der Waals surface area contributed by atoms with E-state index in [-0.39, 0.29) is 5.82 Å². The molecule has 1 aromatic carbocycles. The number of rotatable bonds is 3. The molecule has 4 heteroatoms. The standard InChI is InChI=1S/C15H20ClFN2/c1-10-7-18-15(11-5-6-11)9-19(10)8-12-13(16)3-2-4-14(12)17/h2-4,10-11,15,18H,5-9H2,1H3. The highest BCUT2D eigenvalue weighted by atomic mass is 35.5. The minimum Gasteiger partial charge on any atom is -0.311 e. The van der Waals surface area contributed by atoms with Gasteiger partial charge >= 0.3 is 0 Å². The van der Waals surface area contributed by atoms with Crippen LogP contribution in [0.1, 0.15) is 25.3 Å². The van der Waals surface area contributed by atoms with Gasteiger partial charge in [-0.1, -0.05) is 17.7 Å². The van der Waals surface area contributed by atoms with Crippen molar-refractivity contribution in [3.8, 4) is 0 Å². The molecule has 1 saturated heterocycles. The van der Waals surface area contributed by atoms with Gasteiger partial charge in [0.15, 0.2) is 0 Å². The summed E-state index contributed by atoms with van der Waals surface area (Å²) in [6.45, 7) is 4.77. The lowest BCUT2D eigenvalue weighted by Crippen LogP contribution is -2.55. The summed E-state index contributed by atoms with van der Waals surface area (Å²) in [5, 5.41) is 4.14. The molecule has 104 valence electrons. The number of nitrogens with zero attached hydrogens (tertiary/aromatic N) is 1. The smallest absolute Gasteiger partial charge is 0.129 e. The molecule has 0 radical (unpaired) electrons. The molecule has 3 rings (SSSR count). The van der Waals surface area contributed by atoms with Crippen molar-refractivity contribution >= 4 is 11.6 Å². The van der Waals surface area contributed by atoms with Crippen LogP contribution in [0.15, 0.2) is 18.2 Å². The number of benzene rings is 1. The lowest BCUT2D eigenvalue weighted by Gasteiger charge is -2.39. The van der Waals surface area contributed by atoms with Crippen molar-refractivity contribution in [1.29, 1.82) is 0 Å². The average Bonchev–Trinajstić information content (AvgIpc) is 3.20. The molecule has 0 amide bonds. The molecule has 2 nitrogen and oxygen atoms in total. The number of nitrogens with one attached hydrogen (secondary N) is 1. The molecular formula is C15H20ClFN2. The Morgan fingerprint density at radius 2 is 2.21 bits per heavy atom. The van der Waals surface area contributed by atoms with Crippen LogP contribution in [0.4, 0.5) is 4.39 Å². The maximum Gasteiger partial charge on any atom is 0.129 e. The van der Waals surface area contributed by atoms with Gasteiger partial charge in [-0.2, -0.15) is 0 Å². The summed E-state index contributed by atoms with van der Waals surface area (Å²) in [5.41, 5.74) is 0.632. The van der Waals surface area contributed by atoms with Gasteiger partial charge in [-0.15, -0.1) is 0 Å². The summed E-state index contributed by atoms with van der Waals surface area (Å²) in [6, 6.07) is 5.92. The molecule has 0 aromatic heterocycles. The third-order valence-electron chi connectivity index (χ3n) is 4.34. The number of piperazine rings is 1. The molecule has 1 saturated carbocycles. The van der Waals surface area contributed by atoms with Gasteiger partial charge in [-0.3, -0.25) is 4.90 Å². The fourth-order valence-corrected chi connectivity index (χ4v) is 3.09. The van der Waals surface area contributed by atoms with E-state index < -0.39 is 0 Å². The lowest BCUT2D eigenvalue weighted by atomic mass is 10.0. The van der Waals surface area contributed by atoms with Crippen LogP contribution in [0.3, 0.4) is 0 Å². The summed E-state index contributed by atoms with van der Waals surface area (Å²) in [6.07, 6.45) is 2.67. The first-order valence-electron chi connectivity index (χ1n) is 7.05. The summed E-state index contributed by atoms with van der Waals surface area (Å²) in [5.74, 6) is 0.632. The molecule has 2 atom stereocenters. The molecule has 2 fully saturated rings. The van der Waals surface area contributed by atoms with E-state index in [0.29, 0.717) is 29.2 Å². The van der Waals surface area contributed by atoms with E-state index in [9.17, 15) is 4.39 Å². The van der Waals surface area contributed by atoms with Gasteiger partial charge in [-0.25, -0.2) is 4.39 Å². The first-order chi connectivity index (χ1) is 9.15. The Hall–Kier alpha value is -0.640. The Balaban J connectivity index is 1.73. The fourth-order valence-electron chi connectivity index (χ4n) is 2.87. The van der Waals surface area contributed by atoms with Crippen molar-refractivity contribution in [2.75, 3.05) is 13.1 Å². The molecule has 2 unspecified atom stereocenters. The molecular weight excluding hydrogens is 263 g/mol. The highest BCUT2D eigenvalue weighted by Crippen LogP contribution is 2.34. The van der Waals surface area contributed by atoms with Crippen LogP contribution in [0.25, 0.3) is 0 Å². The minimum atomic E-state index is -0.193. The van der Waals surface area contributed by atoms with E-state index in [0.717, 1.165) is 19.0 Å². The van der Waals surface area contributed by atoms with Crippen LogP contribution in [0.5, 0.6) is 0 Å². The van der Waals surface area contributed by atoms with Crippen molar-refractivity contribution < 1.29 is 4.39 Å². The quantitative estimate of drug-likeness (QED) is 0.917. The topological polar surface area (TPSA) is 15.3 Å². The highest BCUT2D eigenvalue weighted by molar-refractivity contribution is 6.31. The maximum absolute atomic E-state index is 13.9. The van der Waals surface area contributed by atoms with Crippen molar-refractivity contribution in [3.63, 3.8) is 0 Å². The molecule has 1 aliphatic heterocycles. The molecule has 19 heavy (non-hydrogen) atoms. The van der Waals surface area contributed by atoms with Crippen LogP contribution < -0.4 is 5.32 Å². The third kappa shape index (κ3) is 2.93. The molecule has 1 aliphatic carbocycles. The average molecular weight is 283 g/mol. The first-order valence-corrected chi connectivity index (χ1v) is 7.43. The number of halogens is 2. The normalized spacial score (nSPS) is 28.6. The lowest BCUT2D eigenvalue weighted by molar-refractivity contribution is 0.124. The second-order valence-corrected chi connectivity index (χ2v) is 6.24. The first kappa shape index (κ1) is 13.3. The van der Waals surface area contributed by atoms with Crippen molar-refractivity contribution in [1.82, 2.24) is 10.2 Å². The van der Waals surface area contributed by atoms with Crippen LogP contribution >= 0.6 is 11.6 Å². The van der Waals surface area contributed by atoms with Gasteiger partial charge in [0.2, 0.25) is 0 Å². The predicted octanol–water partition coefficient (Wildman–Crippen LogP) is 3.05. The van der Waals surface area contributed by atoms with Crippen molar-refractivity contribution in [2.45, 2.75) is 38.4 Å². The second-order valence-electron chi connectivity index (χ2n) is 5.83. The molecule has 1 aromatic rings. The van der Waals surface area contributed by atoms with E-state index in [1.807, 2.05) is 0 Å². The van der Waals surface area contributed by atoms with Crippen LogP contribution in [-0.2, 0) is 6.54 Å². The van der Waals surface area contributed by atoms with Gasteiger partial charge in [0.25, 0.3) is 0 Å². The Kier molecular flexibility index (Phi) is 3.79. The Bertz CT molecular complexity index is 441. The maximum atomic E-state index is 13.9. The number of hydrogen-bond donors (Lipinski definition) is 1. The van der Waals surface area contributed by atoms with Gasteiger partial charge in [0, 0.05) is 42.3 Å². The van der Waals surface area contributed by atoms with E-state index >= 15 is 0 Å². The van der Waals surface area contributed by atoms with E-state index in [1.165, 1.54) is 18.9 Å². The molecule has 1 heterocycles. The molecule has 0 bridgehead atoms. The number of hydrogen-bond acceptors (Lipinski definition) is 2. The Morgan fingerprint density at radius 1 is 1.42 bits per heavy atom. The van der Waals surface area contributed by atoms with Crippen LogP contribution in [0.2, 0.25) is 5.02 Å². The highest BCUT2D eigenvalue weighted by Gasteiger charge is 2.36. The molecule has 0 spiro atoms. The summed E-state index contributed by atoms with van der Waals surface area (Å²) >= 11 is 6.13. The van der Waals surface area contributed by atoms with E-state index in [4.69, 9.17) is 11.6 Å². The van der Waals surface area contributed by atoms with Gasteiger partial charge in [0.1, 0.15) is 5.82 Å². The van der Waals surface area contributed by atoms with Crippen LogP contribution in [-0.4, -0.2) is 30.1 Å². The summed E-state index contributed by atoms with van der Waals surface area (Å²) < 4.78 is 13.9. The van der Waals surface area contributed by atoms with Gasteiger partial charge in [-0.05, 0) is 37.8 Å². The predicted molar refractivity (Wildman–Crippen MR) is 75.8 cm³/mol. The second kappa shape index (κ2) is 5.39. The van der Waals surface area contributed by atoms with Gasteiger partial charge < -0.3 is 5.32 Å². The third-order valence-corrected chi connectivity index (χ3v) is 4.70. The monoisotopic (exact) mass is 282 g/mol. The zero-order chi connectivity index (χ0) is 13.4. The summed E-state index contributed by atoms with van der Waals surface area (Å²) in [7, 11) is 0. The van der Waals surface area contributed by atoms with Crippen LogP contribution in [0, 0.1) is 11.7 Å². The van der Waals surface area contributed by atoms with E-state index in [2.05, 4.69) is 17.1 Å². The zero-order valence-electron chi connectivity index (χ0n) is 11.2. The van der Waals surface area contributed by atoms with Gasteiger partial charge in [0.05, 0.1) is 0 Å².